The van der Waals surface area contributed by atoms with Gasteiger partial charge in [0, 0.05) is 35.9 Å². The summed E-state index contributed by atoms with van der Waals surface area (Å²) in [5, 5.41) is 13.4. The summed E-state index contributed by atoms with van der Waals surface area (Å²) in [7, 11) is 1.61. The van der Waals surface area contributed by atoms with Crippen LogP contribution in [0.15, 0.2) is 102 Å². The summed E-state index contributed by atoms with van der Waals surface area (Å²) in [4.78, 5) is 8.95. The molecule has 1 aromatic heterocycles. The first-order valence-corrected chi connectivity index (χ1v) is 11.5. The van der Waals surface area contributed by atoms with Gasteiger partial charge in [-0.25, -0.2) is 4.98 Å². The van der Waals surface area contributed by atoms with Crippen LogP contribution in [0.2, 0.25) is 0 Å². The third-order valence-corrected chi connectivity index (χ3v) is 6.73. The second-order valence-electron chi connectivity index (χ2n) is 8.83. The van der Waals surface area contributed by atoms with Gasteiger partial charge in [0.05, 0.1) is 19.2 Å². The Hall–Kier alpha value is -4.22. The van der Waals surface area contributed by atoms with Crippen molar-refractivity contribution in [1.82, 2.24) is 4.98 Å². The van der Waals surface area contributed by atoms with Crippen LogP contribution in [0.25, 0.3) is 22.0 Å². The van der Waals surface area contributed by atoms with E-state index in [1.54, 1.807) is 19.5 Å². The smallest absolute Gasteiger partial charge is 0.214 e. The minimum absolute atomic E-state index is 0.518. The molecule has 172 valence electrons. The number of aromatic nitrogens is 1. The number of nitrogens with zero attached hydrogens (tertiary/aromatic N) is 2. The minimum atomic E-state index is -1.44. The third-order valence-electron chi connectivity index (χ3n) is 6.73. The number of aliphatic imine (C=N–C) groups is 1. The van der Waals surface area contributed by atoms with Crippen molar-refractivity contribution in [3.63, 3.8) is 0 Å². The van der Waals surface area contributed by atoms with Crippen molar-refractivity contribution in [2.75, 3.05) is 13.7 Å². The number of fused-ring (bicyclic) bond motifs is 6. The molecule has 6 bridgehead atoms. The lowest BCUT2D eigenvalue weighted by Crippen LogP contribution is -2.30. The van der Waals surface area contributed by atoms with Crippen LogP contribution < -0.4 is 9.47 Å². The van der Waals surface area contributed by atoms with Crippen molar-refractivity contribution in [2.24, 2.45) is 4.99 Å². The fourth-order valence-corrected chi connectivity index (χ4v) is 4.92. The molecule has 2 aliphatic rings. The van der Waals surface area contributed by atoms with Crippen LogP contribution in [0.4, 0.5) is 0 Å². The largest absolute Gasteiger partial charge is 0.493 e. The Morgan fingerprint density at radius 1 is 1.00 bits per heavy atom. The molecule has 6 rings (SSSR count). The Morgan fingerprint density at radius 2 is 1.86 bits per heavy atom. The van der Waals surface area contributed by atoms with Crippen LogP contribution in [0.3, 0.4) is 0 Å². The summed E-state index contributed by atoms with van der Waals surface area (Å²) in [6.07, 6.45) is 4.08. The van der Waals surface area contributed by atoms with Crippen molar-refractivity contribution >= 4 is 17.1 Å². The zero-order valence-electron chi connectivity index (χ0n) is 19.4. The fourth-order valence-electron chi connectivity index (χ4n) is 4.92. The molecular formula is C30H24N2O3. The highest BCUT2D eigenvalue weighted by molar-refractivity contribution is 5.96. The molecule has 0 saturated heterocycles. The molecule has 35 heavy (non-hydrogen) atoms. The molecule has 0 saturated carbocycles. The van der Waals surface area contributed by atoms with Gasteiger partial charge in [-0.1, -0.05) is 49.0 Å². The molecule has 0 amide bonds. The molecule has 1 N–H and O–H groups in total. The summed E-state index contributed by atoms with van der Waals surface area (Å²) in [6.45, 7) is 4.66. The highest BCUT2D eigenvalue weighted by atomic mass is 16.5. The van der Waals surface area contributed by atoms with Gasteiger partial charge in [0.15, 0.2) is 0 Å². The topological polar surface area (TPSA) is 63.9 Å². The molecule has 5 nitrogen and oxygen atoms in total. The summed E-state index contributed by atoms with van der Waals surface area (Å²) in [6, 6.07) is 23.8. The second kappa shape index (κ2) is 8.22. The van der Waals surface area contributed by atoms with Crippen molar-refractivity contribution in [1.29, 1.82) is 0 Å². The van der Waals surface area contributed by atoms with Gasteiger partial charge >= 0.3 is 0 Å². The van der Waals surface area contributed by atoms with E-state index in [2.05, 4.69) is 22.6 Å². The number of benzene rings is 3. The van der Waals surface area contributed by atoms with Crippen molar-refractivity contribution in [3.8, 4) is 22.8 Å². The van der Waals surface area contributed by atoms with Gasteiger partial charge in [-0.05, 0) is 57.7 Å². The van der Waals surface area contributed by atoms with Gasteiger partial charge in [0.1, 0.15) is 11.4 Å². The van der Waals surface area contributed by atoms with Gasteiger partial charge < -0.3 is 14.6 Å². The standard InChI is InChI=1S/C30H24N2O3/c1-19-17-31-18-27(19)30(33)22-7-3-5-20(13-22)11-12-35-24-8-4-6-21(14-24)25-16-29(34-2)32-28-10-9-23(30)15-26(25)28/h3-10,13-18,33H,1,11-12H2,2H3. The number of rotatable bonds is 2. The molecule has 3 heterocycles. The maximum absolute atomic E-state index is 12.5. The fraction of sp³-hybridized carbons (Fsp3) is 0.133. The van der Waals surface area contributed by atoms with E-state index in [0.29, 0.717) is 30.1 Å². The van der Waals surface area contributed by atoms with Gasteiger partial charge in [-0.2, -0.15) is 0 Å². The number of ether oxygens (including phenoxy) is 2. The van der Waals surface area contributed by atoms with Crippen LogP contribution >= 0.6 is 0 Å². The average Bonchev–Trinajstić information content (AvgIpc) is 3.33. The highest BCUT2D eigenvalue weighted by Gasteiger charge is 2.38. The molecule has 4 aromatic rings. The molecule has 0 radical (unpaired) electrons. The first-order chi connectivity index (χ1) is 17.1. The zero-order chi connectivity index (χ0) is 24.0. The van der Waals surface area contributed by atoms with E-state index >= 15 is 0 Å². The summed E-state index contributed by atoms with van der Waals surface area (Å²) in [5.41, 5.74) is 5.15. The maximum Gasteiger partial charge on any atom is 0.214 e. The summed E-state index contributed by atoms with van der Waals surface area (Å²) < 4.78 is 11.6. The van der Waals surface area contributed by atoms with E-state index < -0.39 is 5.60 Å². The Kier molecular flexibility index (Phi) is 5.01. The molecule has 0 spiro atoms. The predicted molar refractivity (Wildman–Crippen MR) is 138 cm³/mol. The number of methoxy groups -OCH3 is 1. The number of pyridine rings is 1. The van der Waals surface area contributed by atoms with E-state index in [1.165, 1.54) is 0 Å². The van der Waals surface area contributed by atoms with E-state index in [0.717, 1.165) is 44.5 Å². The molecule has 3 aromatic carbocycles. The molecule has 1 atom stereocenters. The zero-order valence-corrected chi connectivity index (χ0v) is 19.4. The molecule has 0 fully saturated rings. The van der Waals surface area contributed by atoms with Crippen molar-refractivity contribution in [3.05, 3.63) is 113 Å². The van der Waals surface area contributed by atoms with Crippen LogP contribution in [0.5, 0.6) is 11.6 Å². The lowest BCUT2D eigenvalue weighted by molar-refractivity contribution is 0.124. The summed E-state index contributed by atoms with van der Waals surface area (Å²) in [5.74, 6) is 1.33. The van der Waals surface area contributed by atoms with E-state index in [-0.39, 0.29) is 0 Å². The van der Waals surface area contributed by atoms with Crippen molar-refractivity contribution < 1.29 is 14.6 Å². The van der Waals surface area contributed by atoms with Gasteiger partial charge in [0.2, 0.25) is 5.88 Å². The van der Waals surface area contributed by atoms with Crippen LogP contribution in [-0.2, 0) is 12.0 Å². The first-order valence-electron chi connectivity index (χ1n) is 11.5. The average molecular weight is 461 g/mol. The van der Waals surface area contributed by atoms with Crippen LogP contribution in [0.1, 0.15) is 16.7 Å². The van der Waals surface area contributed by atoms with Crippen LogP contribution in [-0.4, -0.2) is 30.0 Å². The number of hydrogen-bond donors (Lipinski definition) is 1. The maximum atomic E-state index is 12.5. The van der Waals surface area contributed by atoms with Gasteiger partial charge in [0.25, 0.3) is 0 Å². The number of hydrogen-bond acceptors (Lipinski definition) is 5. The minimum Gasteiger partial charge on any atom is -0.493 e. The van der Waals surface area contributed by atoms with E-state index in [9.17, 15) is 5.11 Å². The Morgan fingerprint density at radius 3 is 2.69 bits per heavy atom. The molecule has 2 aliphatic heterocycles. The Bertz CT molecular complexity index is 1550. The number of aliphatic hydroxyl groups is 1. The summed E-state index contributed by atoms with van der Waals surface area (Å²) >= 11 is 0. The Labute approximate surface area is 203 Å². The van der Waals surface area contributed by atoms with Gasteiger partial charge in [-0.3, -0.25) is 4.99 Å². The highest BCUT2D eigenvalue weighted by Crippen LogP contribution is 2.43. The monoisotopic (exact) mass is 460 g/mol. The van der Waals surface area contributed by atoms with Crippen molar-refractivity contribution in [2.45, 2.75) is 12.0 Å². The molecule has 0 aliphatic carbocycles. The first kappa shape index (κ1) is 21.3. The molecule has 5 heteroatoms. The van der Waals surface area contributed by atoms with Gasteiger partial charge in [-0.15, -0.1) is 0 Å². The SMILES string of the molecule is C=C1C=NC=C1C1(O)c2cccc(c2)CCOc2cccc(c2)-c2cc(OC)nc3ccc1cc23. The quantitative estimate of drug-likeness (QED) is 0.423. The van der Waals surface area contributed by atoms with E-state index in [4.69, 9.17) is 9.47 Å². The lowest BCUT2D eigenvalue weighted by Gasteiger charge is -2.32. The predicted octanol–water partition coefficient (Wildman–Crippen LogP) is 5.61. The molecule has 1 unspecified atom stereocenters. The lowest BCUT2D eigenvalue weighted by atomic mass is 9.77. The second-order valence-corrected chi connectivity index (χ2v) is 8.83. The van der Waals surface area contributed by atoms with E-state index in [1.807, 2.05) is 66.7 Å². The van der Waals surface area contributed by atoms with Crippen LogP contribution in [0, 0.1) is 0 Å². The normalized spacial score (nSPS) is 18.8. The molecular weight excluding hydrogens is 436 g/mol. The third kappa shape index (κ3) is 3.52. The Balaban J connectivity index is 1.69.